The fraction of sp³-hybridized carbons (Fsp3) is 0.615. The minimum absolute atomic E-state index is 0.00545. The number of hydrogen-bond acceptors (Lipinski definition) is 6. The number of alkyl halides is 2. The first-order valence-corrected chi connectivity index (χ1v) is 12.4. The second kappa shape index (κ2) is 7.70. The number of rotatable bonds is 2. The smallest absolute Gasteiger partial charge is 0.200 e. The fourth-order valence-corrected chi connectivity index (χ4v) is 6.42. The third-order valence-electron chi connectivity index (χ3n) is 8.31. The second-order valence-corrected chi connectivity index (χ2v) is 12.4. The zero-order chi connectivity index (χ0) is 25.6. The maximum atomic E-state index is 14.2. The van der Waals surface area contributed by atoms with E-state index in [0.717, 1.165) is 0 Å². The summed E-state index contributed by atoms with van der Waals surface area (Å²) in [5, 5.41) is 31.5. The van der Waals surface area contributed by atoms with Crippen LogP contribution in [0.15, 0.2) is 17.7 Å². The lowest BCUT2D eigenvalue weighted by atomic mass is 9.56. The van der Waals surface area contributed by atoms with Crippen molar-refractivity contribution in [2.45, 2.75) is 88.4 Å². The largest absolute Gasteiger partial charge is 0.508 e. The molecule has 1 aliphatic heterocycles. The van der Waals surface area contributed by atoms with Crippen LogP contribution in [0, 0.1) is 18.3 Å². The topological polar surface area (TPSA) is 104 Å². The van der Waals surface area contributed by atoms with Crippen LogP contribution in [0.4, 0.5) is 0 Å². The third kappa shape index (κ3) is 3.44. The Morgan fingerprint density at radius 2 is 1.74 bits per heavy atom. The van der Waals surface area contributed by atoms with Crippen molar-refractivity contribution in [3.63, 3.8) is 0 Å². The van der Waals surface area contributed by atoms with E-state index in [1.54, 1.807) is 26.8 Å². The van der Waals surface area contributed by atoms with Gasteiger partial charge in [-0.2, -0.15) is 0 Å². The van der Waals surface area contributed by atoms with Crippen molar-refractivity contribution in [1.29, 1.82) is 0 Å². The highest BCUT2D eigenvalue weighted by atomic mass is 35.5. The van der Waals surface area contributed by atoms with Gasteiger partial charge in [0, 0.05) is 22.1 Å². The molecule has 0 amide bonds. The molecule has 1 aromatic rings. The second-order valence-electron chi connectivity index (χ2n) is 11.4. The number of aromatic hydroxyl groups is 2. The molecule has 5 atom stereocenters. The van der Waals surface area contributed by atoms with Gasteiger partial charge in [0.1, 0.15) is 11.5 Å². The quantitative estimate of drug-likeness (QED) is 0.480. The van der Waals surface area contributed by atoms with Gasteiger partial charge < -0.3 is 20.1 Å². The molecule has 1 heterocycles. The molecule has 0 saturated heterocycles. The van der Waals surface area contributed by atoms with Crippen LogP contribution in [0.5, 0.6) is 11.5 Å². The van der Waals surface area contributed by atoms with Gasteiger partial charge in [0.25, 0.3) is 0 Å². The molecule has 0 spiro atoms. The zero-order valence-electron chi connectivity index (χ0n) is 20.3. The lowest BCUT2D eigenvalue weighted by Crippen LogP contribution is -2.63. The first kappa shape index (κ1) is 25.5. The highest BCUT2D eigenvalue weighted by Gasteiger charge is 2.62. The number of fused-ring (bicyclic) bond motifs is 2. The van der Waals surface area contributed by atoms with E-state index in [9.17, 15) is 24.9 Å². The third-order valence-corrected chi connectivity index (χ3v) is 9.74. The van der Waals surface area contributed by atoms with Crippen LogP contribution >= 0.6 is 23.2 Å². The first-order chi connectivity index (χ1) is 15.5. The summed E-state index contributed by atoms with van der Waals surface area (Å²) in [7, 11) is 0. The van der Waals surface area contributed by atoms with Crippen LogP contribution < -0.4 is 0 Å². The Bertz CT molecular complexity index is 1120. The first-order valence-electron chi connectivity index (χ1n) is 11.6. The lowest BCUT2D eigenvalue weighted by molar-refractivity contribution is -0.152. The van der Waals surface area contributed by atoms with E-state index in [0.29, 0.717) is 12.8 Å². The molecule has 1 aromatic carbocycles. The van der Waals surface area contributed by atoms with Crippen molar-refractivity contribution in [2.24, 2.45) is 11.3 Å². The van der Waals surface area contributed by atoms with Crippen molar-refractivity contribution < 1.29 is 29.6 Å². The zero-order valence-corrected chi connectivity index (χ0v) is 21.8. The molecule has 0 radical (unpaired) electrons. The Morgan fingerprint density at radius 3 is 2.35 bits per heavy atom. The molecule has 6 nitrogen and oxygen atoms in total. The number of carbonyl (C=O) groups is 2. The highest BCUT2D eigenvalue weighted by Crippen LogP contribution is 2.57. The van der Waals surface area contributed by atoms with Gasteiger partial charge in [-0.3, -0.25) is 9.59 Å². The standard InChI is InChI=1S/C26H32Cl2O6/c1-12-15(29)9-13-19(20(12)30)21(31)14-10-18(28)24(4,5)34-26(14,22(13)32)11-16-23(2,3)17(27)7-8-25(16,6)33/h9-10,16-18,29-30,33H,7-8,11H2,1-6H3/t16?,17-,18+,25-,26+/m0/s1. The molecule has 4 rings (SSSR count). The maximum absolute atomic E-state index is 14.2. The maximum Gasteiger partial charge on any atom is 0.200 e. The van der Waals surface area contributed by atoms with Crippen molar-refractivity contribution in [3.8, 4) is 11.5 Å². The van der Waals surface area contributed by atoms with E-state index in [-0.39, 0.29) is 39.8 Å². The minimum Gasteiger partial charge on any atom is -0.508 e. The van der Waals surface area contributed by atoms with E-state index < -0.39 is 50.8 Å². The summed E-state index contributed by atoms with van der Waals surface area (Å²) < 4.78 is 6.46. The van der Waals surface area contributed by atoms with Gasteiger partial charge in [0.15, 0.2) is 17.2 Å². The van der Waals surface area contributed by atoms with Crippen LogP contribution in [0.2, 0.25) is 0 Å². The number of aliphatic hydroxyl groups is 1. The molecule has 1 unspecified atom stereocenters. The Morgan fingerprint density at radius 1 is 1.12 bits per heavy atom. The number of ketones is 2. The van der Waals surface area contributed by atoms with Gasteiger partial charge in [0.05, 0.1) is 22.1 Å². The summed E-state index contributed by atoms with van der Waals surface area (Å²) in [6.45, 7) is 10.6. The van der Waals surface area contributed by atoms with E-state index in [2.05, 4.69) is 0 Å². The van der Waals surface area contributed by atoms with Crippen LogP contribution in [-0.4, -0.2) is 54.4 Å². The Hall–Kier alpha value is -1.60. The monoisotopic (exact) mass is 510 g/mol. The van der Waals surface area contributed by atoms with Gasteiger partial charge in [-0.1, -0.05) is 19.9 Å². The van der Waals surface area contributed by atoms with Crippen LogP contribution in [0.1, 0.15) is 80.2 Å². The summed E-state index contributed by atoms with van der Waals surface area (Å²) in [6.07, 6.45) is 2.58. The molecule has 186 valence electrons. The van der Waals surface area contributed by atoms with E-state index in [4.69, 9.17) is 27.9 Å². The summed E-state index contributed by atoms with van der Waals surface area (Å²) in [4.78, 5) is 28.0. The Kier molecular flexibility index (Phi) is 5.77. The number of phenols is 2. The highest BCUT2D eigenvalue weighted by molar-refractivity contribution is 6.30. The molecule has 1 saturated carbocycles. The molecule has 3 aliphatic rings. The van der Waals surface area contributed by atoms with E-state index >= 15 is 0 Å². The number of benzene rings is 1. The number of hydrogen-bond donors (Lipinski definition) is 3. The minimum atomic E-state index is -1.76. The fourth-order valence-electron chi connectivity index (χ4n) is 5.98. The van der Waals surface area contributed by atoms with Crippen molar-refractivity contribution in [3.05, 3.63) is 34.4 Å². The van der Waals surface area contributed by atoms with Gasteiger partial charge in [-0.25, -0.2) is 0 Å². The van der Waals surface area contributed by atoms with Crippen molar-refractivity contribution in [1.82, 2.24) is 0 Å². The molecular formula is C26H32Cl2O6. The van der Waals surface area contributed by atoms with Gasteiger partial charge in [0.2, 0.25) is 0 Å². The lowest BCUT2D eigenvalue weighted by Gasteiger charge is -2.55. The van der Waals surface area contributed by atoms with Crippen LogP contribution in [-0.2, 0) is 4.74 Å². The Labute approximate surface area is 209 Å². The molecule has 8 heteroatoms. The van der Waals surface area contributed by atoms with Crippen molar-refractivity contribution >= 4 is 34.8 Å². The summed E-state index contributed by atoms with van der Waals surface area (Å²) in [5.41, 5.74) is -4.65. The van der Waals surface area contributed by atoms with E-state index in [1.165, 1.54) is 13.0 Å². The predicted octanol–water partition coefficient (Wildman–Crippen LogP) is 5.05. The number of phenolic OH excluding ortho intramolecular Hbond substituents is 2. The van der Waals surface area contributed by atoms with Crippen LogP contribution in [0.3, 0.4) is 0 Å². The molecule has 1 fully saturated rings. The molecular weight excluding hydrogens is 479 g/mol. The number of ether oxygens (including phenoxy) is 1. The molecule has 3 N–H and O–H groups in total. The normalized spacial score (nSPS) is 36.5. The summed E-state index contributed by atoms with van der Waals surface area (Å²) in [5.74, 6) is -2.38. The summed E-state index contributed by atoms with van der Waals surface area (Å²) in [6, 6.07) is 1.21. The van der Waals surface area contributed by atoms with Gasteiger partial charge in [-0.05, 0) is 64.4 Å². The van der Waals surface area contributed by atoms with E-state index in [1.807, 2.05) is 13.8 Å². The molecule has 2 aliphatic carbocycles. The Balaban J connectivity index is 1.99. The van der Waals surface area contributed by atoms with Crippen molar-refractivity contribution in [2.75, 3.05) is 0 Å². The van der Waals surface area contributed by atoms with Crippen LogP contribution in [0.25, 0.3) is 0 Å². The molecule has 0 aromatic heterocycles. The van der Waals surface area contributed by atoms with Gasteiger partial charge >= 0.3 is 0 Å². The number of carbonyl (C=O) groups excluding carboxylic acids is 2. The predicted molar refractivity (Wildman–Crippen MR) is 130 cm³/mol. The molecule has 0 bridgehead atoms. The molecule has 34 heavy (non-hydrogen) atoms. The summed E-state index contributed by atoms with van der Waals surface area (Å²) >= 11 is 13.3. The van der Waals surface area contributed by atoms with Gasteiger partial charge in [-0.15, -0.1) is 23.2 Å². The number of halogens is 2. The number of Topliss-reactive ketones (excluding diaryl/α,β-unsaturated/α-hetero) is 2. The average Bonchev–Trinajstić information content (AvgIpc) is 2.73. The SMILES string of the molecule is Cc1c(O)cc2c(c1O)C(=O)C1=C[C@@H](Cl)C(C)(C)O[C@@]1(CC1C(C)(C)[C@@H](Cl)CC[C@]1(C)O)C2=O. The average molecular weight is 511 g/mol.